The van der Waals surface area contributed by atoms with Crippen LogP contribution in [0.1, 0.15) is 53.4 Å². The minimum atomic E-state index is -1.32. The number of anilines is 1. The minimum absolute atomic E-state index is 0.186. The Labute approximate surface area is 242 Å². The topological polar surface area (TPSA) is 99.6 Å². The van der Waals surface area contributed by atoms with Gasteiger partial charge in [0.1, 0.15) is 17.4 Å². The van der Waals surface area contributed by atoms with Crippen molar-refractivity contribution in [2.75, 3.05) is 37.7 Å². The number of benzene rings is 1. The van der Waals surface area contributed by atoms with Gasteiger partial charge in [0.15, 0.2) is 0 Å². The number of nitrogens with zero attached hydrogens (tertiary/aromatic N) is 3. The number of hydrogen-bond acceptors (Lipinski definition) is 6. The number of rotatable bonds is 10. The maximum atomic E-state index is 14.5. The molecule has 3 amide bonds. The molecule has 4 heterocycles. The lowest BCUT2D eigenvalue weighted by molar-refractivity contribution is -0.154. The van der Waals surface area contributed by atoms with Gasteiger partial charge in [-0.05, 0) is 51.0 Å². The number of ether oxygens (including phenoxy) is 2. The summed E-state index contributed by atoms with van der Waals surface area (Å²) in [5.74, 6) is -1.77. The number of carbonyl (C=O) groups excluding carboxylic acids is 3. The van der Waals surface area contributed by atoms with Crippen molar-refractivity contribution in [2.24, 2.45) is 11.8 Å². The molecule has 1 aromatic rings. The van der Waals surface area contributed by atoms with Gasteiger partial charge in [0.25, 0.3) is 0 Å². The molecule has 2 saturated heterocycles. The summed E-state index contributed by atoms with van der Waals surface area (Å²) in [6.07, 6.45) is 10.9. The molecule has 0 saturated carbocycles. The molecular weight excluding hydrogens is 522 g/mol. The summed E-state index contributed by atoms with van der Waals surface area (Å²) in [4.78, 5) is 48.2. The molecule has 2 fully saturated rings. The zero-order valence-corrected chi connectivity index (χ0v) is 24.6. The summed E-state index contributed by atoms with van der Waals surface area (Å²) in [5.41, 5.74) is -1.72. The van der Waals surface area contributed by atoms with Crippen LogP contribution in [0.2, 0.25) is 0 Å². The Balaban J connectivity index is 1.57. The second-order valence-corrected chi connectivity index (χ2v) is 11.7. The van der Waals surface area contributed by atoms with E-state index < -0.39 is 35.1 Å². The van der Waals surface area contributed by atoms with Gasteiger partial charge in [-0.25, -0.2) is 0 Å². The first-order valence-corrected chi connectivity index (χ1v) is 15.1. The van der Waals surface area contributed by atoms with Crippen molar-refractivity contribution in [1.82, 2.24) is 9.80 Å². The normalized spacial score (nSPS) is 31.6. The third kappa shape index (κ3) is 4.77. The highest BCUT2D eigenvalue weighted by Gasteiger charge is 2.75. The van der Waals surface area contributed by atoms with Crippen molar-refractivity contribution in [3.63, 3.8) is 0 Å². The first kappa shape index (κ1) is 29.3. The number of aliphatic hydroxyl groups excluding tert-OH is 1. The molecule has 1 spiro atoms. The van der Waals surface area contributed by atoms with Crippen molar-refractivity contribution >= 4 is 23.4 Å². The van der Waals surface area contributed by atoms with Crippen LogP contribution in [0.5, 0.6) is 5.75 Å². The van der Waals surface area contributed by atoms with Gasteiger partial charge in [-0.3, -0.25) is 14.4 Å². The second-order valence-electron chi connectivity index (χ2n) is 11.7. The quantitative estimate of drug-likeness (QED) is 0.345. The molecule has 9 heteroatoms. The lowest BCUT2D eigenvalue weighted by Gasteiger charge is -2.40. The van der Waals surface area contributed by atoms with Crippen molar-refractivity contribution in [3.05, 3.63) is 48.6 Å². The van der Waals surface area contributed by atoms with E-state index in [2.05, 4.69) is 6.92 Å². The zero-order valence-electron chi connectivity index (χ0n) is 24.6. The molecule has 222 valence electrons. The predicted molar refractivity (Wildman–Crippen MR) is 155 cm³/mol. The average Bonchev–Trinajstić information content (AvgIpc) is 3.23. The first-order valence-electron chi connectivity index (χ1n) is 15.1. The molecule has 1 aromatic carbocycles. The van der Waals surface area contributed by atoms with Crippen molar-refractivity contribution in [2.45, 2.75) is 76.7 Å². The van der Waals surface area contributed by atoms with E-state index in [4.69, 9.17) is 9.47 Å². The summed E-state index contributed by atoms with van der Waals surface area (Å²) < 4.78 is 12.5. The van der Waals surface area contributed by atoms with E-state index in [1.807, 2.05) is 69.3 Å². The number of fused-ring (bicyclic) bond motifs is 2. The Morgan fingerprint density at radius 1 is 0.976 bits per heavy atom. The molecule has 9 nitrogen and oxygen atoms in total. The fraction of sp³-hybridized carbons (Fsp3) is 0.594. The highest BCUT2D eigenvalue weighted by atomic mass is 16.5. The fourth-order valence-electron chi connectivity index (χ4n) is 7.19. The van der Waals surface area contributed by atoms with Crippen molar-refractivity contribution in [3.8, 4) is 5.75 Å². The molecule has 4 aliphatic heterocycles. The SMILES string of the molecule is CCCCCN1CC=C[C@]23O[C@]4(C)C=CCN(c5ccc(OCC)cc5)C(=O)[C@@H]4[C@H]2C(=O)N([C@@H](CC)CO)C3C1=O. The fourth-order valence-corrected chi connectivity index (χ4v) is 7.19. The maximum absolute atomic E-state index is 14.5. The Morgan fingerprint density at radius 3 is 2.37 bits per heavy atom. The smallest absolute Gasteiger partial charge is 0.249 e. The molecule has 0 bridgehead atoms. The molecule has 1 unspecified atom stereocenters. The van der Waals surface area contributed by atoms with E-state index in [1.165, 1.54) is 4.90 Å². The van der Waals surface area contributed by atoms with Crippen LogP contribution in [-0.2, 0) is 19.1 Å². The molecule has 41 heavy (non-hydrogen) atoms. The first-order chi connectivity index (χ1) is 19.8. The van der Waals surface area contributed by atoms with Gasteiger partial charge in [-0.15, -0.1) is 0 Å². The number of aliphatic hydroxyl groups is 1. The van der Waals surface area contributed by atoms with E-state index in [0.29, 0.717) is 44.1 Å². The van der Waals surface area contributed by atoms with Gasteiger partial charge in [0.05, 0.1) is 36.7 Å². The summed E-state index contributed by atoms with van der Waals surface area (Å²) in [7, 11) is 0. The highest BCUT2D eigenvalue weighted by Crippen LogP contribution is 2.58. The van der Waals surface area contributed by atoms with Gasteiger partial charge in [-0.2, -0.15) is 0 Å². The Morgan fingerprint density at radius 2 is 1.71 bits per heavy atom. The predicted octanol–water partition coefficient (Wildman–Crippen LogP) is 3.32. The zero-order chi connectivity index (χ0) is 29.4. The van der Waals surface area contributed by atoms with Gasteiger partial charge in [0, 0.05) is 25.3 Å². The molecular formula is C32H43N3O6. The third-order valence-corrected chi connectivity index (χ3v) is 9.14. The van der Waals surface area contributed by atoms with E-state index in [-0.39, 0.29) is 24.3 Å². The molecule has 0 aliphatic carbocycles. The van der Waals surface area contributed by atoms with Crippen molar-refractivity contribution < 1.29 is 29.0 Å². The molecule has 0 aromatic heterocycles. The molecule has 0 radical (unpaired) electrons. The second kappa shape index (κ2) is 11.6. The van der Waals surface area contributed by atoms with Crippen LogP contribution < -0.4 is 9.64 Å². The van der Waals surface area contributed by atoms with Gasteiger partial charge in [-0.1, -0.05) is 51.0 Å². The van der Waals surface area contributed by atoms with Crippen LogP contribution >= 0.6 is 0 Å². The van der Waals surface area contributed by atoms with Gasteiger partial charge < -0.3 is 29.3 Å². The standard InChI is InChI=1S/C32H43N3O6/c1-5-8-9-18-33-19-11-17-32-26(29(38)35(22(6-2)21-36)27(32)30(33)39)25-28(37)34(20-10-16-31(25,4)41-32)23-12-14-24(15-13-23)40-7-3/h10-17,22,25-27,36H,5-9,18-21H2,1-4H3/t22-,25-,26-,27?,31+,32-/m0/s1. The minimum Gasteiger partial charge on any atom is -0.494 e. The summed E-state index contributed by atoms with van der Waals surface area (Å²) >= 11 is 0. The van der Waals surface area contributed by atoms with Crippen molar-refractivity contribution in [1.29, 1.82) is 0 Å². The Kier molecular flexibility index (Phi) is 8.30. The average molecular weight is 566 g/mol. The van der Waals surface area contributed by atoms with Crippen LogP contribution in [0.15, 0.2) is 48.6 Å². The molecule has 5 rings (SSSR count). The molecule has 4 aliphatic rings. The van der Waals surface area contributed by atoms with Crippen LogP contribution in [0, 0.1) is 11.8 Å². The number of likely N-dealkylation sites (tertiary alicyclic amines) is 1. The van der Waals surface area contributed by atoms with E-state index in [0.717, 1.165) is 19.3 Å². The summed E-state index contributed by atoms with van der Waals surface area (Å²) in [6, 6.07) is 5.84. The van der Waals surface area contributed by atoms with Gasteiger partial charge in [0.2, 0.25) is 17.7 Å². The number of hydrogen-bond donors (Lipinski definition) is 1. The summed E-state index contributed by atoms with van der Waals surface area (Å²) in [6.45, 7) is 9.37. The molecule has 6 atom stereocenters. The number of unbranched alkanes of at least 4 members (excludes halogenated alkanes) is 2. The van der Waals surface area contributed by atoms with Crippen LogP contribution in [0.25, 0.3) is 0 Å². The monoisotopic (exact) mass is 565 g/mol. The Hall–Kier alpha value is -3.17. The number of carbonyl (C=O) groups is 3. The molecule has 1 N–H and O–H groups in total. The largest absolute Gasteiger partial charge is 0.494 e. The van der Waals surface area contributed by atoms with E-state index in [1.54, 1.807) is 9.80 Å². The number of amides is 3. The lowest BCUT2D eigenvalue weighted by Crippen LogP contribution is -2.58. The van der Waals surface area contributed by atoms with E-state index in [9.17, 15) is 19.5 Å². The lowest BCUT2D eigenvalue weighted by atomic mass is 9.74. The Bertz CT molecular complexity index is 1210. The van der Waals surface area contributed by atoms with Crippen LogP contribution in [0.3, 0.4) is 0 Å². The van der Waals surface area contributed by atoms with Crippen LogP contribution in [0.4, 0.5) is 5.69 Å². The van der Waals surface area contributed by atoms with Gasteiger partial charge >= 0.3 is 0 Å². The summed E-state index contributed by atoms with van der Waals surface area (Å²) in [5, 5.41) is 10.3. The van der Waals surface area contributed by atoms with E-state index >= 15 is 0 Å². The van der Waals surface area contributed by atoms with Crippen LogP contribution in [-0.4, -0.2) is 88.8 Å². The third-order valence-electron chi connectivity index (χ3n) is 9.14. The highest BCUT2D eigenvalue weighted by molar-refractivity contribution is 6.04. The maximum Gasteiger partial charge on any atom is 0.249 e.